The van der Waals surface area contributed by atoms with E-state index < -0.39 is 10.0 Å². The molecule has 0 amide bonds. The van der Waals surface area contributed by atoms with Crippen LogP contribution in [0.25, 0.3) is 0 Å². The van der Waals surface area contributed by atoms with E-state index in [0.29, 0.717) is 5.69 Å². The average molecular weight is 289 g/mol. The summed E-state index contributed by atoms with van der Waals surface area (Å²) >= 11 is 0. The zero-order chi connectivity index (χ0) is 14.2. The van der Waals surface area contributed by atoms with Gasteiger partial charge in [-0.15, -0.1) is 0 Å². The van der Waals surface area contributed by atoms with E-state index in [9.17, 15) is 8.42 Å². The number of nitrogens with one attached hydrogen (secondary N) is 2. The molecule has 1 aromatic carbocycles. The van der Waals surface area contributed by atoms with Crippen molar-refractivity contribution in [2.24, 2.45) is 0 Å². The Morgan fingerprint density at radius 1 is 1.30 bits per heavy atom. The van der Waals surface area contributed by atoms with Gasteiger partial charge >= 0.3 is 0 Å². The second kappa shape index (κ2) is 4.79. The van der Waals surface area contributed by atoms with Crippen LogP contribution in [0.5, 0.6) is 0 Å². The lowest BCUT2D eigenvalue weighted by atomic mass is 10.2. The molecule has 0 spiro atoms. The van der Waals surface area contributed by atoms with Gasteiger partial charge in [0.1, 0.15) is 0 Å². The van der Waals surface area contributed by atoms with E-state index in [1.807, 2.05) is 13.0 Å². The lowest BCUT2D eigenvalue weighted by molar-refractivity contribution is 0.601. The van der Waals surface area contributed by atoms with Crippen LogP contribution in [0.15, 0.2) is 41.6 Å². The first-order valence-electron chi connectivity index (χ1n) is 6.36. The van der Waals surface area contributed by atoms with E-state index in [-0.39, 0.29) is 4.90 Å². The highest BCUT2D eigenvalue weighted by Gasteiger charge is 2.18. The van der Waals surface area contributed by atoms with Gasteiger partial charge in [-0.2, -0.15) is 0 Å². The van der Waals surface area contributed by atoms with Gasteiger partial charge < -0.3 is 5.32 Å². The minimum atomic E-state index is -3.56. The number of pyridine rings is 1. The summed E-state index contributed by atoms with van der Waals surface area (Å²) in [6, 6.07) is 6.82. The Morgan fingerprint density at radius 2 is 2.15 bits per heavy atom. The van der Waals surface area contributed by atoms with E-state index in [0.717, 1.165) is 29.8 Å². The van der Waals surface area contributed by atoms with Crippen molar-refractivity contribution in [2.45, 2.75) is 18.2 Å². The smallest absolute Gasteiger partial charge is 0.261 e. The van der Waals surface area contributed by atoms with Crippen LogP contribution in [0.3, 0.4) is 0 Å². The lowest BCUT2D eigenvalue weighted by Crippen LogP contribution is -2.14. The third-order valence-electron chi connectivity index (χ3n) is 3.36. The summed E-state index contributed by atoms with van der Waals surface area (Å²) < 4.78 is 27.4. The third-order valence-corrected chi connectivity index (χ3v) is 4.72. The minimum Gasteiger partial charge on any atom is -0.384 e. The van der Waals surface area contributed by atoms with E-state index >= 15 is 0 Å². The van der Waals surface area contributed by atoms with Crippen LogP contribution in [-0.4, -0.2) is 19.9 Å². The Kier molecular flexibility index (Phi) is 3.10. The fraction of sp³-hybridized carbons (Fsp3) is 0.214. The van der Waals surface area contributed by atoms with Crippen LogP contribution in [0.1, 0.15) is 11.1 Å². The largest absolute Gasteiger partial charge is 0.384 e. The van der Waals surface area contributed by atoms with Crippen LogP contribution < -0.4 is 10.0 Å². The minimum absolute atomic E-state index is 0.288. The highest BCUT2D eigenvalue weighted by molar-refractivity contribution is 7.92. The first-order chi connectivity index (χ1) is 9.56. The molecule has 104 valence electrons. The summed E-state index contributed by atoms with van der Waals surface area (Å²) in [6.07, 6.45) is 4.05. The number of rotatable bonds is 3. The second-order valence-electron chi connectivity index (χ2n) is 4.79. The van der Waals surface area contributed by atoms with E-state index in [4.69, 9.17) is 0 Å². The van der Waals surface area contributed by atoms with Crippen molar-refractivity contribution < 1.29 is 8.42 Å². The summed E-state index contributed by atoms with van der Waals surface area (Å²) in [6.45, 7) is 2.67. The molecule has 6 heteroatoms. The van der Waals surface area contributed by atoms with Crippen molar-refractivity contribution in [3.63, 3.8) is 0 Å². The molecule has 3 rings (SSSR count). The number of nitrogens with zero attached hydrogens (tertiary/aromatic N) is 1. The molecule has 0 aliphatic carbocycles. The van der Waals surface area contributed by atoms with Gasteiger partial charge in [-0.1, -0.05) is 0 Å². The molecule has 5 nitrogen and oxygen atoms in total. The van der Waals surface area contributed by atoms with Crippen LogP contribution in [0.2, 0.25) is 0 Å². The Bertz CT molecular complexity index is 757. The van der Waals surface area contributed by atoms with Gasteiger partial charge in [0.05, 0.1) is 10.6 Å². The van der Waals surface area contributed by atoms with Gasteiger partial charge in [-0.3, -0.25) is 9.71 Å². The molecule has 0 saturated carbocycles. The van der Waals surface area contributed by atoms with E-state index in [1.165, 1.54) is 0 Å². The summed E-state index contributed by atoms with van der Waals surface area (Å²) in [5.74, 6) is 0. The average Bonchev–Trinajstić information content (AvgIpc) is 2.88. The predicted molar refractivity (Wildman–Crippen MR) is 78.4 cm³/mol. The predicted octanol–water partition coefficient (Wildman–Crippen LogP) is 2.16. The fourth-order valence-electron chi connectivity index (χ4n) is 2.24. The summed E-state index contributed by atoms with van der Waals surface area (Å²) in [5, 5.41) is 3.21. The van der Waals surface area contributed by atoms with Gasteiger partial charge in [0, 0.05) is 24.6 Å². The van der Waals surface area contributed by atoms with Gasteiger partial charge in [0.25, 0.3) is 10.0 Å². The van der Waals surface area contributed by atoms with Gasteiger partial charge in [0.15, 0.2) is 0 Å². The monoisotopic (exact) mass is 289 g/mol. The topological polar surface area (TPSA) is 71.1 Å². The van der Waals surface area contributed by atoms with E-state index in [1.54, 1.807) is 30.6 Å². The number of sulfonamides is 1. The molecule has 2 N–H and O–H groups in total. The number of anilines is 2. The normalized spacial score (nSPS) is 13.7. The molecule has 1 aromatic heterocycles. The zero-order valence-electron chi connectivity index (χ0n) is 11.1. The number of aryl methyl sites for hydroxylation is 1. The van der Waals surface area contributed by atoms with Crippen LogP contribution in [-0.2, 0) is 16.4 Å². The van der Waals surface area contributed by atoms with Crippen molar-refractivity contribution in [3.8, 4) is 0 Å². The van der Waals surface area contributed by atoms with Gasteiger partial charge in [-0.25, -0.2) is 8.42 Å². The SMILES string of the molecule is Cc1cnccc1NS(=O)(=O)c1ccc2c(c1)CCN2. The van der Waals surface area contributed by atoms with Gasteiger partial charge in [0.2, 0.25) is 0 Å². The Labute approximate surface area is 118 Å². The van der Waals surface area contributed by atoms with Gasteiger partial charge in [-0.05, 0) is 48.7 Å². The zero-order valence-corrected chi connectivity index (χ0v) is 11.9. The van der Waals surface area contributed by atoms with Crippen LogP contribution in [0, 0.1) is 6.92 Å². The maximum Gasteiger partial charge on any atom is 0.261 e. The number of hydrogen-bond donors (Lipinski definition) is 2. The molecule has 2 heterocycles. The molecule has 0 saturated heterocycles. The maximum atomic E-state index is 12.4. The quantitative estimate of drug-likeness (QED) is 0.908. The first-order valence-corrected chi connectivity index (χ1v) is 7.85. The summed E-state index contributed by atoms with van der Waals surface area (Å²) in [5.41, 5.74) is 3.40. The Hall–Kier alpha value is -2.08. The molecule has 0 bridgehead atoms. The number of fused-ring (bicyclic) bond motifs is 1. The molecule has 0 unspecified atom stereocenters. The standard InChI is InChI=1S/C14H15N3O2S/c1-10-9-15-6-5-13(10)17-20(18,19)12-2-3-14-11(8-12)4-7-16-14/h2-3,5-6,8-9,16H,4,7H2,1H3,(H,15,17). The van der Waals surface area contributed by atoms with Crippen molar-refractivity contribution in [3.05, 3.63) is 47.8 Å². The number of hydrogen-bond acceptors (Lipinski definition) is 4. The lowest BCUT2D eigenvalue weighted by Gasteiger charge is -2.11. The highest BCUT2D eigenvalue weighted by Crippen LogP contribution is 2.26. The molecule has 0 radical (unpaired) electrons. The molecule has 0 atom stereocenters. The maximum absolute atomic E-state index is 12.4. The number of aromatic nitrogens is 1. The van der Waals surface area contributed by atoms with E-state index in [2.05, 4.69) is 15.0 Å². The van der Waals surface area contributed by atoms with Crippen LogP contribution in [0.4, 0.5) is 11.4 Å². The third kappa shape index (κ3) is 2.34. The number of benzene rings is 1. The molecular formula is C14H15N3O2S. The van der Waals surface area contributed by atoms with Crippen molar-refractivity contribution in [1.29, 1.82) is 0 Å². The van der Waals surface area contributed by atoms with Crippen molar-refractivity contribution in [1.82, 2.24) is 4.98 Å². The Morgan fingerprint density at radius 3 is 2.95 bits per heavy atom. The molecule has 1 aliphatic heterocycles. The molecular weight excluding hydrogens is 274 g/mol. The van der Waals surface area contributed by atoms with Crippen molar-refractivity contribution in [2.75, 3.05) is 16.6 Å². The molecule has 20 heavy (non-hydrogen) atoms. The first kappa shape index (κ1) is 12.9. The second-order valence-corrected chi connectivity index (χ2v) is 6.47. The molecule has 1 aliphatic rings. The molecule has 2 aromatic rings. The molecule has 0 fully saturated rings. The fourth-order valence-corrected chi connectivity index (χ4v) is 3.42. The summed E-state index contributed by atoms with van der Waals surface area (Å²) in [4.78, 5) is 4.24. The Balaban J connectivity index is 1.94. The summed E-state index contributed by atoms with van der Waals surface area (Å²) in [7, 11) is -3.56. The highest BCUT2D eigenvalue weighted by atomic mass is 32.2. The van der Waals surface area contributed by atoms with Crippen molar-refractivity contribution >= 4 is 21.4 Å². The van der Waals surface area contributed by atoms with Crippen LogP contribution >= 0.6 is 0 Å².